The molecule has 5 nitrogen and oxygen atoms in total. The van der Waals surface area contributed by atoms with Crippen molar-refractivity contribution < 1.29 is 4.79 Å². The van der Waals surface area contributed by atoms with Crippen LogP contribution in [0.15, 0.2) is 4.99 Å². The van der Waals surface area contributed by atoms with Crippen molar-refractivity contribution in [2.45, 2.75) is 58.4 Å². The lowest BCUT2D eigenvalue weighted by atomic mass is 10.1. The molecule has 1 fully saturated rings. The summed E-state index contributed by atoms with van der Waals surface area (Å²) in [4.78, 5) is 17.7. The number of hydrogen-bond acceptors (Lipinski definition) is 2. The zero-order chi connectivity index (χ0) is 15.7. The van der Waals surface area contributed by atoms with Crippen molar-refractivity contribution in [2.75, 3.05) is 27.2 Å². The summed E-state index contributed by atoms with van der Waals surface area (Å²) in [5, 5.41) is 6.83. The Kier molecular flexibility index (Phi) is 11.7. The number of halogens is 1. The van der Waals surface area contributed by atoms with Gasteiger partial charge < -0.3 is 15.5 Å². The van der Waals surface area contributed by atoms with E-state index in [2.05, 4.69) is 29.5 Å². The number of guanidine groups is 1. The van der Waals surface area contributed by atoms with Gasteiger partial charge in [-0.1, -0.05) is 26.7 Å². The van der Waals surface area contributed by atoms with Gasteiger partial charge in [0.1, 0.15) is 6.54 Å². The summed E-state index contributed by atoms with van der Waals surface area (Å²) in [7, 11) is 3.52. The Morgan fingerprint density at radius 3 is 2.45 bits per heavy atom. The lowest BCUT2D eigenvalue weighted by molar-refractivity contribution is -0.127. The highest BCUT2D eigenvalue weighted by molar-refractivity contribution is 14.0. The number of amides is 1. The first-order valence-electron chi connectivity index (χ1n) is 8.24. The minimum absolute atomic E-state index is 0. The van der Waals surface area contributed by atoms with Crippen LogP contribution in [0.5, 0.6) is 0 Å². The second-order valence-corrected chi connectivity index (χ2v) is 6.54. The first-order valence-corrected chi connectivity index (χ1v) is 8.24. The molecule has 1 rings (SSSR count). The Morgan fingerprint density at radius 2 is 1.91 bits per heavy atom. The highest BCUT2D eigenvalue weighted by Crippen LogP contribution is 2.17. The quantitative estimate of drug-likeness (QED) is 0.286. The molecule has 0 saturated heterocycles. The smallest absolute Gasteiger partial charge is 0.243 e. The van der Waals surface area contributed by atoms with E-state index in [1.165, 1.54) is 32.1 Å². The lowest BCUT2D eigenvalue weighted by Crippen LogP contribution is -2.43. The topological polar surface area (TPSA) is 56.7 Å². The summed E-state index contributed by atoms with van der Waals surface area (Å²) in [5.74, 6) is 1.55. The summed E-state index contributed by atoms with van der Waals surface area (Å²) >= 11 is 0. The fourth-order valence-corrected chi connectivity index (χ4v) is 2.42. The monoisotopic (exact) mass is 424 g/mol. The van der Waals surface area contributed by atoms with Crippen LogP contribution in [0.1, 0.15) is 52.4 Å². The van der Waals surface area contributed by atoms with Crippen molar-refractivity contribution >= 4 is 35.8 Å². The molecule has 0 bridgehead atoms. The molecule has 6 heteroatoms. The summed E-state index contributed by atoms with van der Waals surface area (Å²) < 4.78 is 0. The number of nitrogens with zero attached hydrogens (tertiary/aromatic N) is 2. The molecule has 1 amide bonds. The first-order chi connectivity index (χ1) is 9.99. The van der Waals surface area contributed by atoms with Gasteiger partial charge in [-0.05, 0) is 31.6 Å². The van der Waals surface area contributed by atoms with E-state index in [1.54, 1.807) is 19.0 Å². The highest BCUT2D eigenvalue weighted by atomic mass is 127. The van der Waals surface area contributed by atoms with Gasteiger partial charge in [0.15, 0.2) is 5.96 Å². The molecule has 0 aliphatic heterocycles. The van der Waals surface area contributed by atoms with Crippen LogP contribution in [0.3, 0.4) is 0 Å². The van der Waals surface area contributed by atoms with E-state index in [-0.39, 0.29) is 36.4 Å². The predicted molar refractivity (Wildman–Crippen MR) is 104 cm³/mol. The van der Waals surface area contributed by atoms with E-state index in [1.807, 2.05) is 0 Å². The van der Waals surface area contributed by atoms with Crippen LogP contribution in [0.4, 0.5) is 0 Å². The van der Waals surface area contributed by atoms with Crippen LogP contribution in [-0.2, 0) is 4.79 Å². The normalized spacial score (nSPS) is 15.6. The molecule has 22 heavy (non-hydrogen) atoms. The molecule has 0 radical (unpaired) electrons. The summed E-state index contributed by atoms with van der Waals surface area (Å²) in [6, 6.07) is 0.510. The Labute approximate surface area is 152 Å². The van der Waals surface area contributed by atoms with Gasteiger partial charge in [-0.15, -0.1) is 24.0 Å². The van der Waals surface area contributed by atoms with Gasteiger partial charge in [0, 0.05) is 26.7 Å². The van der Waals surface area contributed by atoms with Crippen LogP contribution < -0.4 is 10.6 Å². The minimum Gasteiger partial charge on any atom is -0.356 e. The fourth-order valence-electron chi connectivity index (χ4n) is 2.42. The Morgan fingerprint density at radius 1 is 1.27 bits per heavy atom. The molecule has 130 valence electrons. The summed E-state index contributed by atoms with van der Waals surface area (Å²) in [5.41, 5.74) is 0. The molecule has 1 saturated carbocycles. The minimum atomic E-state index is 0. The van der Waals surface area contributed by atoms with Crippen LogP contribution in [0.2, 0.25) is 0 Å². The van der Waals surface area contributed by atoms with Gasteiger partial charge in [-0.25, -0.2) is 4.99 Å². The molecule has 1 aliphatic rings. The van der Waals surface area contributed by atoms with Crippen LogP contribution in [0.25, 0.3) is 0 Å². The number of nitrogens with one attached hydrogen (secondary N) is 2. The van der Waals surface area contributed by atoms with Crippen molar-refractivity contribution in [3.8, 4) is 0 Å². The molecule has 0 aromatic rings. The van der Waals surface area contributed by atoms with Crippen LogP contribution >= 0.6 is 24.0 Å². The average Bonchev–Trinajstić information content (AvgIpc) is 2.92. The second kappa shape index (κ2) is 12.0. The number of likely N-dealkylation sites (N-methyl/N-ethyl adjacent to an activating group) is 1. The molecule has 0 aromatic heterocycles. The van der Waals surface area contributed by atoms with Crippen molar-refractivity contribution in [1.29, 1.82) is 0 Å². The van der Waals surface area contributed by atoms with Crippen molar-refractivity contribution in [2.24, 2.45) is 10.9 Å². The average molecular weight is 424 g/mol. The molecule has 2 N–H and O–H groups in total. The number of hydrogen-bond donors (Lipinski definition) is 2. The largest absolute Gasteiger partial charge is 0.356 e. The van der Waals surface area contributed by atoms with E-state index >= 15 is 0 Å². The Bertz CT molecular complexity index is 339. The number of carbonyl (C=O) groups is 1. The molecule has 0 atom stereocenters. The molecule has 0 unspecified atom stereocenters. The lowest BCUT2D eigenvalue weighted by Gasteiger charge is -2.18. The van der Waals surface area contributed by atoms with E-state index in [0.717, 1.165) is 24.8 Å². The third kappa shape index (κ3) is 9.48. The van der Waals surface area contributed by atoms with E-state index < -0.39 is 0 Å². The molecule has 1 aliphatic carbocycles. The summed E-state index contributed by atoms with van der Waals surface area (Å²) in [6.07, 6.45) is 7.32. The van der Waals surface area contributed by atoms with Crippen molar-refractivity contribution in [1.82, 2.24) is 15.5 Å². The van der Waals surface area contributed by atoms with Gasteiger partial charge in [0.2, 0.25) is 5.91 Å². The fraction of sp³-hybridized carbons (Fsp3) is 0.875. The molecule has 0 spiro atoms. The Hall–Kier alpha value is -0.530. The third-order valence-electron chi connectivity index (χ3n) is 3.82. The molecular weight excluding hydrogens is 391 g/mol. The van der Waals surface area contributed by atoms with Crippen LogP contribution in [0, 0.1) is 5.92 Å². The number of aliphatic imine (C=N–C) groups is 1. The number of rotatable bonds is 7. The predicted octanol–water partition coefficient (Wildman–Crippen LogP) is 2.61. The Balaban J connectivity index is 0.00000441. The SMILES string of the molecule is CC(C)CCCNC(=NCC(=O)N(C)C)NC1CCCC1.I. The van der Waals surface area contributed by atoms with Gasteiger partial charge in [-0.2, -0.15) is 0 Å². The maximum atomic E-state index is 11.7. The van der Waals surface area contributed by atoms with Crippen molar-refractivity contribution in [3.05, 3.63) is 0 Å². The second-order valence-electron chi connectivity index (χ2n) is 6.54. The van der Waals surface area contributed by atoms with Gasteiger partial charge >= 0.3 is 0 Å². The van der Waals surface area contributed by atoms with Crippen LogP contribution in [-0.4, -0.2) is 50.0 Å². The van der Waals surface area contributed by atoms with Gasteiger partial charge in [0.05, 0.1) is 0 Å². The maximum Gasteiger partial charge on any atom is 0.243 e. The van der Waals surface area contributed by atoms with Gasteiger partial charge in [0.25, 0.3) is 0 Å². The van der Waals surface area contributed by atoms with E-state index in [0.29, 0.717) is 6.04 Å². The zero-order valence-electron chi connectivity index (χ0n) is 14.5. The number of carbonyl (C=O) groups excluding carboxylic acids is 1. The first kappa shape index (κ1) is 21.5. The highest BCUT2D eigenvalue weighted by Gasteiger charge is 2.16. The molecule has 0 heterocycles. The molecule has 0 aromatic carbocycles. The van der Waals surface area contributed by atoms with E-state index in [9.17, 15) is 4.79 Å². The van der Waals surface area contributed by atoms with E-state index in [4.69, 9.17) is 0 Å². The summed E-state index contributed by atoms with van der Waals surface area (Å²) in [6.45, 7) is 5.59. The standard InChI is InChI=1S/C16H32N4O.HI/c1-13(2)8-7-11-17-16(18-12-15(21)20(3)4)19-14-9-5-6-10-14;/h13-14H,5-12H2,1-4H3,(H2,17,18,19);1H. The maximum absolute atomic E-state index is 11.7. The van der Waals surface area contributed by atoms with Gasteiger partial charge in [-0.3, -0.25) is 4.79 Å². The third-order valence-corrected chi connectivity index (χ3v) is 3.82. The van der Waals surface area contributed by atoms with Crippen molar-refractivity contribution in [3.63, 3.8) is 0 Å². The zero-order valence-corrected chi connectivity index (χ0v) is 16.9. The molecular formula is C16H33IN4O.